The van der Waals surface area contributed by atoms with E-state index in [1.807, 2.05) is 211 Å². The second-order valence-electron chi connectivity index (χ2n) is 27.6. The van der Waals surface area contributed by atoms with Gasteiger partial charge in [-0.25, -0.2) is 36.8 Å². The average Bonchev–Trinajstić information content (AvgIpc) is 0.804. The molecule has 0 aliphatic heterocycles. The molecule has 4 heterocycles. The molecule has 0 atom stereocenters. The highest BCUT2D eigenvalue weighted by atomic mass is 127. The molecule has 12 aromatic rings. The lowest BCUT2D eigenvalue weighted by atomic mass is 10.0. The van der Waals surface area contributed by atoms with Gasteiger partial charge in [0.05, 0.1) is 82.9 Å². The van der Waals surface area contributed by atoms with Crippen LogP contribution in [0.3, 0.4) is 0 Å². The molecule has 0 spiro atoms. The molecule has 0 saturated carbocycles. The molecular formula is C91H104Cl2IN13O9S2. The normalized spacial score (nSPS) is 10.9. The molecule has 4 aromatic heterocycles. The zero-order chi connectivity index (χ0) is 85.1. The molecule has 0 saturated heterocycles. The Bertz CT molecular complexity index is 5050. The van der Waals surface area contributed by atoms with Crippen molar-refractivity contribution in [2.45, 2.75) is 98.2 Å². The van der Waals surface area contributed by atoms with Gasteiger partial charge in [0.25, 0.3) is 5.91 Å². The van der Waals surface area contributed by atoms with Crippen LogP contribution in [0, 0.1) is 3.70 Å². The summed E-state index contributed by atoms with van der Waals surface area (Å²) >= 11 is 13.2. The number of sulfonamides is 2. The molecule has 27 heteroatoms. The molecule has 0 radical (unpaired) electrons. The molecule has 0 aliphatic rings. The Labute approximate surface area is 718 Å². The summed E-state index contributed by atoms with van der Waals surface area (Å²) in [7, 11) is -6.99. The minimum absolute atomic E-state index is 0.206. The Kier molecular flexibility index (Phi) is 41.1. The third kappa shape index (κ3) is 33.6. The minimum atomic E-state index is -3.57. The Morgan fingerprint density at radius 2 is 0.703 bits per heavy atom. The molecule has 2 amide bonds. The molecule has 5 N–H and O–H groups in total. The number of benzene rings is 8. The maximum absolute atomic E-state index is 11.5. The van der Waals surface area contributed by atoms with Crippen LogP contribution in [0.2, 0.25) is 5.15 Å². The van der Waals surface area contributed by atoms with Crippen LogP contribution in [0.1, 0.15) is 80.1 Å². The zero-order valence-electron chi connectivity index (χ0n) is 67.7. The predicted octanol–water partition coefficient (Wildman–Crippen LogP) is 17.6. The first-order valence-electron chi connectivity index (χ1n) is 38.7. The molecule has 620 valence electrons. The second kappa shape index (κ2) is 51.1. The van der Waals surface area contributed by atoms with Crippen molar-refractivity contribution in [2.24, 2.45) is 0 Å². The van der Waals surface area contributed by atoms with E-state index in [1.165, 1.54) is 0 Å². The van der Waals surface area contributed by atoms with Gasteiger partial charge in [-0.1, -0.05) is 268 Å². The van der Waals surface area contributed by atoms with Gasteiger partial charge in [-0.05, 0) is 95.4 Å². The summed E-state index contributed by atoms with van der Waals surface area (Å²) in [5.74, 6) is -0.0428. The highest BCUT2D eigenvalue weighted by molar-refractivity contribution is 14.1. The van der Waals surface area contributed by atoms with Crippen molar-refractivity contribution in [3.8, 4) is 90.1 Å². The summed E-state index contributed by atoms with van der Waals surface area (Å²) in [4.78, 5) is 63.9. The van der Waals surface area contributed by atoms with Crippen molar-refractivity contribution in [1.29, 1.82) is 0 Å². The molecule has 12 rings (SSSR count). The summed E-state index contributed by atoms with van der Waals surface area (Å²) < 4.78 is 52.3. The maximum atomic E-state index is 11.5. The number of nitrogens with zero attached hydrogens (tertiary/aromatic N) is 10. The fourth-order valence-corrected chi connectivity index (χ4v) is 13.2. The zero-order valence-corrected chi connectivity index (χ0v) is 73.0. The van der Waals surface area contributed by atoms with Gasteiger partial charge in [0.1, 0.15) is 33.0 Å². The summed E-state index contributed by atoms with van der Waals surface area (Å²) in [6.45, 7) is 16.0. The van der Waals surface area contributed by atoms with E-state index in [9.17, 15) is 26.4 Å². The van der Waals surface area contributed by atoms with Crippen LogP contribution in [-0.2, 0) is 34.4 Å². The quantitative estimate of drug-likeness (QED) is 0.0153. The molecular weight excluding hydrogens is 1680 g/mol. The van der Waals surface area contributed by atoms with Gasteiger partial charge in [-0.3, -0.25) is 39.0 Å². The monoisotopic (exact) mass is 1780 g/mol. The number of hydrogen-bond donors (Lipinski definition) is 5. The molecule has 0 fully saturated rings. The van der Waals surface area contributed by atoms with Crippen LogP contribution in [0.4, 0.5) is 11.6 Å². The number of carbonyl (C=O) groups excluding carboxylic acids is 2. The number of aliphatic hydroxyl groups is 2. The fraction of sp³-hybridized carbons (Fsp3) is 0.275. The van der Waals surface area contributed by atoms with Crippen molar-refractivity contribution >= 4 is 89.3 Å². The number of aromatic nitrogens is 8. The minimum Gasteiger partial charge on any atom is -0.396 e. The van der Waals surface area contributed by atoms with Crippen LogP contribution < -0.4 is 24.6 Å². The van der Waals surface area contributed by atoms with Crippen LogP contribution in [0.5, 0.6) is 0 Å². The van der Waals surface area contributed by atoms with Gasteiger partial charge in [0, 0.05) is 95.5 Å². The highest BCUT2D eigenvalue weighted by Gasteiger charge is 2.21. The van der Waals surface area contributed by atoms with Crippen molar-refractivity contribution in [3.05, 3.63) is 276 Å². The maximum Gasteiger partial charge on any atom is 0.259 e. The number of alkyl halides is 1. The third-order valence-electron chi connectivity index (χ3n) is 17.1. The number of rotatable bonds is 31. The SMILES string of the molecule is CC(C)N(CCCCO)c1cnc(-c2ccccc2)c(-c2ccccc2)n1.CC(C)N(CCCCOCC(=O)NS(C)(=O)=O)c1cnc(-c2ccccc2)c(-c2ccccc2)n1.CC(C)NCCCCO.CS(=O)(=O)NC(=O)CCl.Clc1cnc(-c2ccccc2)c(-c2ccccc2)n1.Ic1cnc(-c2ccccc2)c(-c2ccccc2)n1. The van der Waals surface area contributed by atoms with E-state index in [1.54, 1.807) is 17.1 Å². The number of amides is 2. The van der Waals surface area contributed by atoms with Gasteiger partial charge in [-0.2, -0.15) is 0 Å². The molecule has 0 unspecified atom stereocenters. The lowest BCUT2D eigenvalue weighted by Crippen LogP contribution is -2.33. The number of carbonyl (C=O) groups is 2. The van der Waals surface area contributed by atoms with Crippen molar-refractivity contribution in [1.82, 2.24) is 54.6 Å². The summed E-state index contributed by atoms with van der Waals surface area (Å²) in [5, 5.41) is 21.2. The molecule has 22 nitrogen and oxygen atoms in total. The topological polar surface area (TPSA) is 298 Å². The van der Waals surface area contributed by atoms with Crippen LogP contribution in [0.25, 0.3) is 90.1 Å². The van der Waals surface area contributed by atoms with Crippen LogP contribution in [-0.4, -0.2) is 161 Å². The number of ether oxygens (including phenoxy) is 1. The lowest BCUT2D eigenvalue weighted by Gasteiger charge is -2.28. The van der Waals surface area contributed by atoms with Gasteiger partial charge in [0.15, 0.2) is 0 Å². The number of aliphatic hydroxyl groups excluding tert-OH is 2. The van der Waals surface area contributed by atoms with Crippen molar-refractivity contribution < 1.29 is 41.4 Å². The summed E-state index contributed by atoms with van der Waals surface area (Å²) in [6, 6.07) is 81.8. The molecule has 0 bridgehead atoms. The fourth-order valence-electron chi connectivity index (χ4n) is 11.6. The standard InChI is InChI=1S/C26H32N4O4S.C23H27N3O.C16H11ClN2.C16H11IN2.C7H17NO.C3H6ClNO3S/c1-20(2)30(16-10-11-17-34-19-24(31)29-35(3,32)33)23-18-27-25(21-12-6-4-7-13-21)26(28-23)22-14-8-5-9-15-22;1-18(2)26(15-9-10-16-27)21-17-24-22(19-11-5-3-6-12-19)23(25-21)20-13-7-4-8-14-20;2*17-14-11-18-15(12-7-3-1-4-8-12)16(19-14)13-9-5-2-6-10-13;1-7(2)8-5-3-4-6-9;1-9(7,8)5-3(6)2-4/h4-9,12-15,18,20H,10-11,16-17,19H2,1-3H3,(H,29,31);3-8,11-14,17-18,27H,9-10,15-16H2,1-2H3;2*1-11H;7-9H,3-6H2,1-2H3;2H2,1H3,(H,5,6). The largest absolute Gasteiger partial charge is 0.396 e. The molecule has 8 aromatic carbocycles. The number of hydrogen-bond acceptors (Lipinski definition) is 20. The average molecular weight is 1790 g/mol. The van der Waals surface area contributed by atoms with E-state index in [4.69, 9.17) is 58.1 Å². The van der Waals surface area contributed by atoms with Gasteiger partial charge < -0.3 is 30.1 Å². The lowest BCUT2D eigenvalue weighted by molar-refractivity contribution is -0.124. The smallest absolute Gasteiger partial charge is 0.259 e. The number of halogens is 3. The first-order chi connectivity index (χ1) is 56.9. The number of nitrogens with one attached hydrogen (secondary N) is 3. The third-order valence-corrected chi connectivity index (χ3v) is 19.2. The first kappa shape index (κ1) is 94.8. The van der Waals surface area contributed by atoms with E-state index in [2.05, 4.69) is 148 Å². The Morgan fingerprint density at radius 3 is 1.02 bits per heavy atom. The summed E-state index contributed by atoms with van der Waals surface area (Å²) in [6.07, 6.45) is 14.1. The molecule has 118 heavy (non-hydrogen) atoms. The van der Waals surface area contributed by atoms with E-state index < -0.39 is 31.9 Å². The second-order valence-corrected chi connectivity index (χ2v) is 32.8. The summed E-state index contributed by atoms with van der Waals surface area (Å²) in [5.41, 5.74) is 15.3. The Hall–Kier alpha value is -10.3. The van der Waals surface area contributed by atoms with Crippen LogP contribution in [0.15, 0.2) is 267 Å². The van der Waals surface area contributed by atoms with Crippen LogP contribution >= 0.6 is 45.8 Å². The predicted molar refractivity (Wildman–Crippen MR) is 487 cm³/mol. The number of unbranched alkanes of at least 4 members (excludes halogenated alkanes) is 3. The Balaban J connectivity index is 0.000000207. The van der Waals surface area contributed by atoms with Crippen molar-refractivity contribution in [3.63, 3.8) is 0 Å². The van der Waals surface area contributed by atoms with Gasteiger partial charge >= 0.3 is 0 Å². The van der Waals surface area contributed by atoms with E-state index in [0.717, 1.165) is 176 Å². The van der Waals surface area contributed by atoms with E-state index in [-0.39, 0.29) is 25.1 Å². The molecule has 0 aliphatic carbocycles. The number of anilines is 2. The Morgan fingerprint density at radius 1 is 0.407 bits per heavy atom. The van der Waals surface area contributed by atoms with Crippen molar-refractivity contribution in [2.75, 3.05) is 74.3 Å². The van der Waals surface area contributed by atoms with E-state index >= 15 is 0 Å². The van der Waals surface area contributed by atoms with Gasteiger partial charge in [0.2, 0.25) is 26.0 Å². The van der Waals surface area contributed by atoms with Gasteiger partial charge in [-0.15, -0.1) is 11.6 Å². The highest BCUT2D eigenvalue weighted by Crippen LogP contribution is 2.35. The first-order valence-corrected chi connectivity index (χ1v) is 44.5. The van der Waals surface area contributed by atoms with E-state index in [0.29, 0.717) is 30.5 Å².